The maximum absolute atomic E-state index is 10.7. The maximum Gasteiger partial charge on any atom is 0.329 e. The molecule has 0 saturated carbocycles. The Labute approximate surface area is 98.2 Å². The molecule has 0 aliphatic rings. The summed E-state index contributed by atoms with van der Waals surface area (Å²) in [6.07, 6.45) is 1.16. The number of nitro groups is 1. The molecule has 1 heterocycles. The fourth-order valence-corrected chi connectivity index (χ4v) is 1.16. The maximum atomic E-state index is 10.7. The summed E-state index contributed by atoms with van der Waals surface area (Å²) in [6, 6.07) is 0. The van der Waals surface area contributed by atoms with E-state index in [4.69, 9.17) is 5.11 Å². The van der Waals surface area contributed by atoms with E-state index in [-0.39, 0.29) is 11.5 Å². The van der Waals surface area contributed by atoms with Gasteiger partial charge in [-0.25, -0.2) is 4.98 Å². The van der Waals surface area contributed by atoms with Gasteiger partial charge < -0.3 is 15.7 Å². The van der Waals surface area contributed by atoms with Crippen LogP contribution < -0.4 is 10.6 Å². The van der Waals surface area contributed by atoms with Gasteiger partial charge in [0.1, 0.15) is 6.20 Å². The van der Waals surface area contributed by atoms with Crippen LogP contribution in [-0.4, -0.2) is 39.7 Å². The van der Waals surface area contributed by atoms with Crippen molar-refractivity contribution in [2.45, 2.75) is 19.4 Å². The Morgan fingerprint density at radius 3 is 2.88 bits per heavy atom. The lowest BCUT2D eigenvalue weighted by molar-refractivity contribution is -0.384. The molecule has 0 aromatic carbocycles. The van der Waals surface area contributed by atoms with E-state index >= 15 is 0 Å². The number of nitrogens with zero attached hydrogens (tertiary/aromatic N) is 3. The third kappa shape index (κ3) is 3.83. The second kappa shape index (κ2) is 5.94. The molecule has 0 aliphatic carbocycles. The first-order valence-electron chi connectivity index (χ1n) is 5.15. The van der Waals surface area contributed by atoms with Gasteiger partial charge in [-0.3, -0.25) is 10.1 Å². The molecule has 8 heteroatoms. The first kappa shape index (κ1) is 13.1. The number of anilines is 2. The number of aliphatic hydroxyl groups excluding tert-OH is 1. The normalized spacial score (nSPS) is 11.9. The molecule has 17 heavy (non-hydrogen) atoms. The number of hydrogen-bond acceptors (Lipinski definition) is 7. The van der Waals surface area contributed by atoms with E-state index in [0.717, 1.165) is 6.20 Å². The van der Waals surface area contributed by atoms with Crippen molar-refractivity contribution in [1.29, 1.82) is 0 Å². The van der Waals surface area contributed by atoms with Crippen molar-refractivity contribution in [1.82, 2.24) is 9.97 Å². The molecule has 1 rings (SSSR count). The number of hydrogen-bond donors (Lipinski definition) is 3. The van der Waals surface area contributed by atoms with Gasteiger partial charge in [0.05, 0.1) is 11.0 Å². The second-order valence-corrected chi connectivity index (χ2v) is 3.50. The van der Waals surface area contributed by atoms with Gasteiger partial charge in [-0.1, -0.05) is 0 Å². The Kier molecular flexibility index (Phi) is 4.58. The molecule has 0 radical (unpaired) electrons. The van der Waals surface area contributed by atoms with E-state index in [1.807, 2.05) is 0 Å². The van der Waals surface area contributed by atoms with Crippen LogP contribution in [0.3, 0.4) is 0 Å². The van der Waals surface area contributed by atoms with Gasteiger partial charge in [0, 0.05) is 13.6 Å². The molecule has 0 fully saturated rings. The lowest BCUT2D eigenvalue weighted by atomic mass is 10.3. The van der Waals surface area contributed by atoms with Crippen molar-refractivity contribution in [2.75, 3.05) is 24.2 Å². The Morgan fingerprint density at radius 2 is 2.35 bits per heavy atom. The summed E-state index contributed by atoms with van der Waals surface area (Å²) in [4.78, 5) is 17.9. The quantitative estimate of drug-likeness (QED) is 0.494. The summed E-state index contributed by atoms with van der Waals surface area (Å²) >= 11 is 0. The molecule has 3 N–H and O–H groups in total. The van der Waals surface area contributed by atoms with Crippen molar-refractivity contribution >= 4 is 17.5 Å². The van der Waals surface area contributed by atoms with E-state index in [0.29, 0.717) is 18.9 Å². The highest BCUT2D eigenvalue weighted by Crippen LogP contribution is 2.21. The predicted molar refractivity (Wildman–Crippen MR) is 63.0 cm³/mol. The SMILES string of the molecule is CNc1ncc([N+](=O)[O-])c(NCCC(C)O)n1. The Morgan fingerprint density at radius 1 is 1.65 bits per heavy atom. The van der Waals surface area contributed by atoms with E-state index in [2.05, 4.69) is 20.6 Å². The molecular formula is C9H15N5O3. The van der Waals surface area contributed by atoms with E-state index in [1.165, 1.54) is 0 Å². The average molecular weight is 241 g/mol. The van der Waals surface area contributed by atoms with Crippen molar-refractivity contribution < 1.29 is 10.0 Å². The summed E-state index contributed by atoms with van der Waals surface area (Å²) in [7, 11) is 1.63. The first-order valence-corrected chi connectivity index (χ1v) is 5.15. The Hall–Kier alpha value is -1.96. The summed E-state index contributed by atoms with van der Waals surface area (Å²) in [6.45, 7) is 2.05. The van der Waals surface area contributed by atoms with Crippen LogP contribution in [0.25, 0.3) is 0 Å². The summed E-state index contributed by atoms with van der Waals surface area (Å²) < 4.78 is 0. The van der Waals surface area contributed by atoms with Gasteiger partial charge in [0.25, 0.3) is 0 Å². The van der Waals surface area contributed by atoms with Crippen molar-refractivity contribution in [3.63, 3.8) is 0 Å². The smallest absolute Gasteiger partial charge is 0.329 e. The molecule has 0 amide bonds. The predicted octanol–water partition coefficient (Wildman–Crippen LogP) is 0.609. The fourth-order valence-electron chi connectivity index (χ4n) is 1.16. The lowest BCUT2D eigenvalue weighted by Crippen LogP contribution is -2.12. The van der Waals surface area contributed by atoms with E-state index in [9.17, 15) is 10.1 Å². The van der Waals surface area contributed by atoms with Crippen molar-refractivity contribution in [2.24, 2.45) is 0 Å². The number of rotatable bonds is 6. The summed E-state index contributed by atoms with van der Waals surface area (Å²) in [5.41, 5.74) is -0.186. The van der Waals surface area contributed by atoms with Crippen LogP contribution in [0.2, 0.25) is 0 Å². The third-order valence-corrected chi connectivity index (χ3v) is 2.04. The minimum Gasteiger partial charge on any atom is -0.393 e. The van der Waals surface area contributed by atoms with Crippen LogP contribution >= 0.6 is 0 Å². The molecular weight excluding hydrogens is 226 g/mol. The molecule has 0 saturated heterocycles. The summed E-state index contributed by atoms with van der Waals surface area (Å²) in [5, 5.41) is 25.3. The minimum atomic E-state index is -0.551. The van der Waals surface area contributed by atoms with E-state index in [1.54, 1.807) is 14.0 Å². The van der Waals surface area contributed by atoms with Gasteiger partial charge >= 0.3 is 5.69 Å². The molecule has 0 bridgehead atoms. The standard InChI is InChI=1S/C9H15N5O3/c1-6(15)3-4-11-8-7(14(16)17)5-12-9(10-2)13-8/h5-6,15H,3-4H2,1-2H3,(H2,10,11,12,13). The fraction of sp³-hybridized carbons (Fsp3) is 0.556. The van der Waals surface area contributed by atoms with E-state index < -0.39 is 11.0 Å². The minimum absolute atomic E-state index is 0.148. The molecule has 1 atom stereocenters. The second-order valence-electron chi connectivity index (χ2n) is 3.50. The van der Waals surface area contributed by atoms with Crippen molar-refractivity contribution in [3.8, 4) is 0 Å². The van der Waals surface area contributed by atoms with Crippen molar-refractivity contribution in [3.05, 3.63) is 16.3 Å². The Balaban J connectivity index is 2.82. The highest BCUT2D eigenvalue weighted by atomic mass is 16.6. The number of nitrogens with one attached hydrogen (secondary N) is 2. The van der Waals surface area contributed by atoms with Crippen LogP contribution in [0.15, 0.2) is 6.20 Å². The highest BCUT2D eigenvalue weighted by molar-refractivity contribution is 5.56. The van der Waals surface area contributed by atoms with Gasteiger partial charge in [-0.2, -0.15) is 4.98 Å². The largest absolute Gasteiger partial charge is 0.393 e. The van der Waals surface area contributed by atoms with Crippen LogP contribution in [0.5, 0.6) is 0 Å². The van der Waals surface area contributed by atoms with Gasteiger partial charge in [0.2, 0.25) is 11.8 Å². The van der Waals surface area contributed by atoms with Crippen LogP contribution in [-0.2, 0) is 0 Å². The molecule has 8 nitrogen and oxygen atoms in total. The first-order chi connectivity index (χ1) is 8.04. The molecule has 94 valence electrons. The van der Waals surface area contributed by atoms with Gasteiger partial charge in [-0.05, 0) is 13.3 Å². The number of aliphatic hydroxyl groups is 1. The zero-order chi connectivity index (χ0) is 12.8. The summed E-state index contributed by atoms with van der Waals surface area (Å²) in [5.74, 6) is 0.449. The monoisotopic (exact) mass is 241 g/mol. The molecule has 1 unspecified atom stereocenters. The zero-order valence-corrected chi connectivity index (χ0v) is 9.67. The van der Waals surface area contributed by atoms with Crippen LogP contribution in [0.1, 0.15) is 13.3 Å². The average Bonchev–Trinajstić information content (AvgIpc) is 2.28. The van der Waals surface area contributed by atoms with Gasteiger partial charge in [0.15, 0.2) is 0 Å². The molecule has 0 spiro atoms. The lowest BCUT2D eigenvalue weighted by Gasteiger charge is -2.08. The Bertz CT molecular complexity index is 396. The van der Waals surface area contributed by atoms with Crippen LogP contribution in [0.4, 0.5) is 17.5 Å². The highest BCUT2D eigenvalue weighted by Gasteiger charge is 2.16. The van der Waals surface area contributed by atoms with Crippen LogP contribution in [0, 0.1) is 10.1 Å². The molecule has 1 aromatic heterocycles. The molecule has 1 aromatic rings. The zero-order valence-electron chi connectivity index (χ0n) is 9.67. The topological polar surface area (TPSA) is 113 Å². The van der Waals surface area contributed by atoms with Gasteiger partial charge in [-0.15, -0.1) is 0 Å². The molecule has 0 aliphatic heterocycles. The number of aromatic nitrogens is 2. The third-order valence-electron chi connectivity index (χ3n) is 2.04.